The molecule has 7 heteroatoms. The summed E-state index contributed by atoms with van der Waals surface area (Å²) in [5.41, 5.74) is 1.79. The van der Waals surface area contributed by atoms with E-state index in [0.29, 0.717) is 5.89 Å². The van der Waals surface area contributed by atoms with Gasteiger partial charge in [0.1, 0.15) is 9.88 Å². The van der Waals surface area contributed by atoms with Crippen LogP contribution in [0.25, 0.3) is 21.5 Å². The summed E-state index contributed by atoms with van der Waals surface area (Å²) >= 11 is 6.41. The average Bonchev–Trinajstić information content (AvgIpc) is 3.05. The molecule has 96 valence electrons. The van der Waals surface area contributed by atoms with Gasteiger partial charge in [0, 0.05) is 6.20 Å². The lowest BCUT2D eigenvalue weighted by Gasteiger charge is -1.91. The molecule has 0 aliphatic rings. The van der Waals surface area contributed by atoms with Crippen molar-refractivity contribution >= 4 is 23.6 Å². The van der Waals surface area contributed by atoms with Crippen molar-refractivity contribution in [2.24, 2.45) is 0 Å². The fourth-order valence-electron chi connectivity index (χ4n) is 1.68. The minimum atomic E-state index is 0.268. The van der Waals surface area contributed by atoms with E-state index >= 15 is 0 Å². The molecule has 5 nitrogen and oxygen atoms in total. The van der Waals surface area contributed by atoms with E-state index in [-0.39, 0.29) is 4.84 Å². The summed E-state index contributed by atoms with van der Waals surface area (Å²) in [5, 5.41) is 7.54. The Kier molecular flexibility index (Phi) is 3.22. The molecule has 0 aromatic carbocycles. The van der Waals surface area contributed by atoms with Crippen molar-refractivity contribution in [1.29, 1.82) is 0 Å². The summed E-state index contributed by atoms with van der Waals surface area (Å²) in [6.45, 7) is 2.04. The molecular weight excluding hydrogens is 280 g/mol. The van der Waals surface area contributed by atoms with Gasteiger partial charge in [0.25, 0.3) is 10.7 Å². The highest BCUT2D eigenvalue weighted by molar-refractivity contribution is 7.71. The summed E-state index contributed by atoms with van der Waals surface area (Å²) in [4.78, 5) is 10.1. The highest BCUT2D eigenvalue weighted by Gasteiger charge is 2.17. The highest BCUT2D eigenvalue weighted by atomic mass is 32.1. The van der Waals surface area contributed by atoms with Crippen LogP contribution in [0.1, 0.15) is 12.6 Å². The monoisotopic (exact) mass is 290 g/mol. The van der Waals surface area contributed by atoms with Gasteiger partial charge < -0.3 is 4.42 Å². The van der Waals surface area contributed by atoms with E-state index in [2.05, 4.69) is 20.2 Å². The van der Waals surface area contributed by atoms with Gasteiger partial charge in [-0.25, -0.2) is 10.1 Å². The molecule has 0 aliphatic carbocycles. The zero-order valence-corrected chi connectivity index (χ0v) is 11.7. The Morgan fingerprint density at radius 2 is 2.32 bits per heavy atom. The molecule has 0 radical (unpaired) electrons. The minimum Gasteiger partial charge on any atom is -0.408 e. The Balaban J connectivity index is 2.11. The lowest BCUT2D eigenvalue weighted by Crippen LogP contribution is -1.85. The SMILES string of the molecule is CCc1nc(-c2ccccn2)sc1-c1n[nH]c(=S)o1. The first-order chi connectivity index (χ1) is 9.28. The maximum Gasteiger partial charge on any atom is 0.284 e. The fourth-order valence-corrected chi connectivity index (χ4v) is 2.87. The standard InChI is InChI=1S/C12H10N4OS2/c1-2-7-9(10-15-16-12(18)17-10)19-11(14-7)8-5-3-4-6-13-8/h3-6H,2H2,1H3,(H,16,18). The van der Waals surface area contributed by atoms with Gasteiger partial charge in [-0.3, -0.25) is 4.98 Å². The van der Waals surface area contributed by atoms with Crippen LogP contribution in [0.3, 0.4) is 0 Å². The van der Waals surface area contributed by atoms with Crippen molar-refractivity contribution in [3.63, 3.8) is 0 Å². The summed E-state index contributed by atoms with van der Waals surface area (Å²) in [6, 6.07) is 5.75. The zero-order valence-electron chi connectivity index (χ0n) is 10.1. The Hall–Kier alpha value is -1.86. The largest absolute Gasteiger partial charge is 0.408 e. The number of hydrogen-bond donors (Lipinski definition) is 1. The van der Waals surface area contributed by atoms with Crippen molar-refractivity contribution in [2.45, 2.75) is 13.3 Å². The molecule has 0 spiro atoms. The van der Waals surface area contributed by atoms with Gasteiger partial charge in [0.15, 0.2) is 0 Å². The van der Waals surface area contributed by atoms with Crippen LogP contribution in [0.5, 0.6) is 0 Å². The topological polar surface area (TPSA) is 67.6 Å². The van der Waals surface area contributed by atoms with Gasteiger partial charge in [0.2, 0.25) is 0 Å². The van der Waals surface area contributed by atoms with Crippen LogP contribution in [-0.2, 0) is 6.42 Å². The molecule has 0 saturated carbocycles. The molecule has 3 heterocycles. The third-order valence-electron chi connectivity index (χ3n) is 2.55. The van der Waals surface area contributed by atoms with E-state index in [1.54, 1.807) is 6.20 Å². The second-order valence-electron chi connectivity index (χ2n) is 3.78. The number of nitrogens with one attached hydrogen (secondary N) is 1. The van der Waals surface area contributed by atoms with Gasteiger partial charge in [-0.2, -0.15) is 0 Å². The van der Waals surface area contributed by atoms with Crippen LogP contribution >= 0.6 is 23.6 Å². The third-order valence-corrected chi connectivity index (χ3v) is 3.83. The number of aromatic nitrogens is 4. The summed E-state index contributed by atoms with van der Waals surface area (Å²) in [7, 11) is 0. The normalized spacial score (nSPS) is 10.8. The van der Waals surface area contributed by atoms with Gasteiger partial charge in [-0.15, -0.1) is 16.4 Å². The van der Waals surface area contributed by atoms with Gasteiger partial charge in [-0.1, -0.05) is 13.0 Å². The Bertz CT molecular complexity index is 744. The van der Waals surface area contributed by atoms with Crippen molar-refractivity contribution in [3.05, 3.63) is 34.9 Å². The van der Waals surface area contributed by atoms with E-state index < -0.39 is 0 Å². The molecule has 19 heavy (non-hydrogen) atoms. The molecule has 1 N–H and O–H groups in total. The molecule has 0 bridgehead atoms. The molecule has 3 aromatic heterocycles. The second-order valence-corrected chi connectivity index (χ2v) is 5.15. The highest BCUT2D eigenvalue weighted by Crippen LogP contribution is 2.33. The van der Waals surface area contributed by atoms with E-state index in [1.807, 2.05) is 25.1 Å². The molecule has 0 unspecified atom stereocenters. The Morgan fingerprint density at radius 1 is 1.42 bits per heavy atom. The minimum absolute atomic E-state index is 0.268. The van der Waals surface area contributed by atoms with Crippen LogP contribution < -0.4 is 0 Å². The average molecular weight is 290 g/mol. The number of H-pyrrole nitrogens is 1. The van der Waals surface area contributed by atoms with Crippen molar-refractivity contribution < 1.29 is 4.42 Å². The number of hydrogen-bond acceptors (Lipinski definition) is 6. The van der Waals surface area contributed by atoms with Crippen molar-refractivity contribution in [2.75, 3.05) is 0 Å². The van der Waals surface area contributed by atoms with Crippen LogP contribution in [0.4, 0.5) is 0 Å². The first kappa shape index (κ1) is 12.2. The maximum atomic E-state index is 5.36. The maximum absolute atomic E-state index is 5.36. The summed E-state index contributed by atoms with van der Waals surface area (Å²) in [6.07, 6.45) is 2.55. The lowest BCUT2D eigenvalue weighted by atomic mass is 10.3. The van der Waals surface area contributed by atoms with Crippen LogP contribution in [-0.4, -0.2) is 20.2 Å². The molecule has 3 aromatic rings. The Labute approximate surface area is 118 Å². The number of rotatable bonds is 3. The molecule has 0 saturated heterocycles. The predicted molar refractivity (Wildman–Crippen MR) is 75.4 cm³/mol. The van der Waals surface area contributed by atoms with E-state index in [9.17, 15) is 0 Å². The molecule has 3 rings (SSSR count). The van der Waals surface area contributed by atoms with Crippen molar-refractivity contribution in [3.8, 4) is 21.5 Å². The van der Waals surface area contributed by atoms with E-state index in [0.717, 1.165) is 27.7 Å². The number of pyridine rings is 1. The number of nitrogens with zero attached hydrogens (tertiary/aromatic N) is 3. The van der Waals surface area contributed by atoms with Crippen LogP contribution in [0, 0.1) is 4.84 Å². The summed E-state index contributed by atoms with van der Waals surface area (Å²) < 4.78 is 5.36. The number of aromatic amines is 1. The van der Waals surface area contributed by atoms with E-state index in [4.69, 9.17) is 16.6 Å². The number of thiazole rings is 1. The smallest absolute Gasteiger partial charge is 0.284 e. The van der Waals surface area contributed by atoms with Gasteiger partial charge in [0.05, 0.1) is 11.4 Å². The summed E-state index contributed by atoms with van der Waals surface area (Å²) in [5.74, 6) is 0.488. The predicted octanol–water partition coefficient (Wildman–Crippen LogP) is 3.48. The first-order valence-corrected chi connectivity index (χ1v) is 6.97. The zero-order chi connectivity index (χ0) is 13.2. The lowest BCUT2D eigenvalue weighted by molar-refractivity contribution is 0.552. The van der Waals surface area contributed by atoms with E-state index in [1.165, 1.54) is 11.3 Å². The molecule has 0 aliphatic heterocycles. The molecule has 0 amide bonds. The van der Waals surface area contributed by atoms with Gasteiger partial charge in [-0.05, 0) is 30.8 Å². The molecule has 0 fully saturated rings. The number of aryl methyl sites for hydroxylation is 1. The fraction of sp³-hybridized carbons (Fsp3) is 0.167. The second kappa shape index (κ2) is 5.02. The van der Waals surface area contributed by atoms with Crippen LogP contribution in [0.15, 0.2) is 28.8 Å². The third kappa shape index (κ3) is 2.34. The quantitative estimate of drug-likeness (QED) is 0.748. The van der Waals surface area contributed by atoms with Gasteiger partial charge >= 0.3 is 0 Å². The Morgan fingerprint density at radius 3 is 2.95 bits per heavy atom. The first-order valence-electron chi connectivity index (χ1n) is 5.75. The molecule has 0 atom stereocenters. The van der Waals surface area contributed by atoms with Crippen molar-refractivity contribution in [1.82, 2.24) is 20.2 Å². The molecular formula is C12H10N4OS2. The van der Waals surface area contributed by atoms with Crippen LogP contribution in [0.2, 0.25) is 0 Å².